The maximum atomic E-state index is 9.13. The molecule has 1 heterocycles. The van der Waals surface area contributed by atoms with Crippen LogP contribution >= 0.6 is 0 Å². The molecule has 0 bridgehead atoms. The van der Waals surface area contributed by atoms with Crippen molar-refractivity contribution in [1.82, 2.24) is 0 Å². The first-order valence-corrected chi connectivity index (χ1v) is 6.40. The quantitative estimate of drug-likeness (QED) is 0.864. The van der Waals surface area contributed by atoms with Crippen LogP contribution in [0.3, 0.4) is 0 Å². The molecule has 1 unspecified atom stereocenters. The van der Waals surface area contributed by atoms with E-state index in [0.29, 0.717) is 6.04 Å². The number of benzene rings is 1. The number of aryl methyl sites for hydroxylation is 1. The Kier molecular flexibility index (Phi) is 4.40. The molecule has 94 valence electrons. The second kappa shape index (κ2) is 6.03. The van der Waals surface area contributed by atoms with E-state index in [0.717, 1.165) is 32.6 Å². The Balaban J connectivity index is 2.22. The molecule has 17 heavy (non-hydrogen) atoms. The largest absolute Gasteiger partial charge is 0.396 e. The smallest absolute Gasteiger partial charge is 0.0671 e. The first-order chi connectivity index (χ1) is 8.36. The molecule has 1 aliphatic heterocycles. The highest BCUT2D eigenvalue weighted by molar-refractivity contribution is 5.54. The highest BCUT2D eigenvalue weighted by atomic mass is 16.5. The lowest BCUT2D eigenvalue weighted by Gasteiger charge is -2.38. The van der Waals surface area contributed by atoms with Gasteiger partial charge in [-0.3, -0.25) is 0 Å². The number of aliphatic hydroxyl groups is 1. The number of hydrogen-bond acceptors (Lipinski definition) is 3. The molecule has 1 aliphatic rings. The van der Waals surface area contributed by atoms with Gasteiger partial charge in [0.1, 0.15) is 0 Å². The fraction of sp³-hybridized carbons (Fsp3) is 0.571. The molecule has 2 rings (SSSR count). The van der Waals surface area contributed by atoms with Gasteiger partial charge in [-0.25, -0.2) is 0 Å². The Bertz CT molecular complexity index is 352. The van der Waals surface area contributed by atoms with Crippen molar-refractivity contribution in [1.29, 1.82) is 0 Å². The van der Waals surface area contributed by atoms with Gasteiger partial charge < -0.3 is 14.7 Å². The van der Waals surface area contributed by atoms with Crippen LogP contribution in [0.15, 0.2) is 24.3 Å². The topological polar surface area (TPSA) is 32.7 Å². The van der Waals surface area contributed by atoms with Crippen LogP contribution in [0, 0.1) is 0 Å². The maximum Gasteiger partial charge on any atom is 0.0671 e. The SMILES string of the molecule is CCc1ccccc1N1CCOCC1CCO. The van der Waals surface area contributed by atoms with Gasteiger partial charge in [0, 0.05) is 18.8 Å². The molecule has 1 aromatic carbocycles. The van der Waals surface area contributed by atoms with Crippen molar-refractivity contribution in [3.05, 3.63) is 29.8 Å². The van der Waals surface area contributed by atoms with Gasteiger partial charge >= 0.3 is 0 Å². The lowest BCUT2D eigenvalue weighted by atomic mass is 10.1. The zero-order chi connectivity index (χ0) is 12.1. The third-order valence-corrected chi connectivity index (χ3v) is 3.37. The number of rotatable bonds is 4. The van der Waals surface area contributed by atoms with E-state index in [1.807, 2.05) is 0 Å². The summed E-state index contributed by atoms with van der Waals surface area (Å²) in [7, 11) is 0. The molecular weight excluding hydrogens is 214 g/mol. The lowest BCUT2D eigenvalue weighted by Crippen LogP contribution is -2.46. The van der Waals surface area contributed by atoms with Crippen LogP contribution in [0.4, 0.5) is 5.69 Å². The standard InChI is InChI=1S/C14H21NO2/c1-2-12-5-3-4-6-14(12)15-8-10-17-11-13(15)7-9-16/h3-6,13,16H,2,7-11H2,1H3. The van der Waals surface area contributed by atoms with E-state index in [9.17, 15) is 0 Å². The number of morpholine rings is 1. The van der Waals surface area contributed by atoms with Crippen molar-refractivity contribution < 1.29 is 9.84 Å². The second-order valence-electron chi connectivity index (χ2n) is 4.42. The zero-order valence-electron chi connectivity index (χ0n) is 10.4. The second-order valence-corrected chi connectivity index (χ2v) is 4.42. The third kappa shape index (κ3) is 2.79. The van der Waals surface area contributed by atoms with Gasteiger partial charge in [-0.15, -0.1) is 0 Å². The Morgan fingerprint density at radius 1 is 1.41 bits per heavy atom. The van der Waals surface area contributed by atoms with Crippen LogP contribution in [0.2, 0.25) is 0 Å². The van der Waals surface area contributed by atoms with E-state index >= 15 is 0 Å². The number of anilines is 1. The average Bonchev–Trinajstić information content (AvgIpc) is 2.40. The summed E-state index contributed by atoms with van der Waals surface area (Å²) in [4.78, 5) is 2.39. The molecule has 1 aromatic rings. The van der Waals surface area contributed by atoms with Gasteiger partial charge in [0.15, 0.2) is 0 Å². The molecule has 1 fully saturated rings. The highest BCUT2D eigenvalue weighted by Crippen LogP contribution is 2.25. The van der Waals surface area contributed by atoms with Crippen molar-refractivity contribution in [2.75, 3.05) is 31.3 Å². The third-order valence-electron chi connectivity index (χ3n) is 3.37. The Hall–Kier alpha value is -1.06. The fourth-order valence-electron chi connectivity index (χ4n) is 2.45. The van der Waals surface area contributed by atoms with E-state index in [4.69, 9.17) is 9.84 Å². The molecule has 0 aromatic heterocycles. The number of para-hydroxylation sites is 1. The van der Waals surface area contributed by atoms with Gasteiger partial charge in [0.05, 0.1) is 19.3 Å². The van der Waals surface area contributed by atoms with Crippen molar-refractivity contribution in [3.63, 3.8) is 0 Å². The Morgan fingerprint density at radius 2 is 2.24 bits per heavy atom. The molecule has 3 heteroatoms. The summed E-state index contributed by atoms with van der Waals surface area (Å²) < 4.78 is 5.51. The van der Waals surface area contributed by atoms with E-state index in [1.54, 1.807) is 0 Å². The number of ether oxygens (including phenoxy) is 1. The van der Waals surface area contributed by atoms with Gasteiger partial charge in [0.2, 0.25) is 0 Å². The van der Waals surface area contributed by atoms with Crippen LogP contribution in [0.5, 0.6) is 0 Å². The summed E-state index contributed by atoms with van der Waals surface area (Å²) in [5.74, 6) is 0. The molecule has 0 radical (unpaired) electrons. The summed E-state index contributed by atoms with van der Waals surface area (Å²) in [6.45, 7) is 4.82. The predicted octanol–water partition coefficient (Wildman–Crippen LogP) is 1.84. The average molecular weight is 235 g/mol. The Morgan fingerprint density at radius 3 is 3.00 bits per heavy atom. The number of aliphatic hydroxyl groups excluding tert-OH is 1. The van der Waals surface area contributed by atoms with Gasteiger partial charge in [-0.1, -0.05) is 25.1 Å². The summed E-state index contributed by atoms with van der Waals surface area (Å²) in [6, 6.07) is 8.83. The Labute approximate surface area is 103 Å². The molecular formula is C14H21NO2. The van der Waals surface area contributed by atoms with Crippen LogP contribution in [0.1, 0.15) is 18.9 Å². The number of hydrogen-bond donors (Lipinski definition) is 1. The molecule has 0 amide bonds. The first-order valence-electron chi connectivity index (χ1n) is 6.40. The maximum absolute atomic E-state index is 9.13. The predicted molar refractivity (Wildman–Crippen MR) is 69.5 cm³/mol. The van der Waals surface area contributed by atoms with E-state index in [1.165, 1.54) is 11.3 Å². The van der Waals surface area contributed by atoms with Gasteiger partial charge in [-0.05, 0) is 24.5 Å². The molecule has 0 aliphatic carbocycles. The summed E-state index contributed by atoms with van der Waals surface area (Å²) in [5.41, 5.74) is 2.68. The summed E-state index contributed by atoms with van der Waals surface area (Å²) in [5, 5.41) is 9.13. The molecule has 0 saturated carbocycles. The van der Waals surface area contributed by atoms with E-state index in [2.05, 4.69) is 36.1 Å². The van der Waals surface area contributed by atoms with Crippen LogP contribution in [-0.2, 0) is 11.2 Å². The molecule has 1 saturated heterocycles. The molecule has 0 spiro atoms. The normalized spacial score (nSPS) is 20.6. The minimum atomic E-state index is 0.221. The lowest BCUT2D eigenvalue weighted by molar-refractivity contribution is 0.0849. The monoisotopic (exact) mass is 235 g/mol. The van der Waals surface area contributed by atoms with Gasteiger partial charge in [-0.2, -0.15) is 0 Å². The molecule has 1 N–H and O–H groups in total. The summed E-state index contributed by atoms with van der Waals surface area (Å²) in [6.07, 6.45) is 1.82. The minimum Gasteiger partial charge on any atom is -0.396 e. The van der Waals surface area contributed by atoms with Crippen LogP contribution in [-0.4, -0.2) is 37.5 Å². The van der Waals surface area contributed by atoms with E-state index < -0.39 is 0 Å². The molecule has 1 atom stereocenters. The minimum absolute atomic E-state index is 0.221. The van der Waals surface area contributed by atoms with Crippen molar-refractivity contribution >= 4 is 5.69 Å². The first kappa shape index (κ1) is 12.4. The van der Waals surface area contributed by atoms with Crippen LogP contribution in [0.25, 0.3) is 0 Å². The molecule has 3 nitrogen and oxygen atoms in total. The zero-order valence-corrected chi connectivity index (χ0v) is 10.4. The summed E-state index contributed by atoms with van der Waals surface area (Å²) >= 11 is 0. The highest BCUT2D eigenvalue weighted by Gasteiger charge is 2.23. The van der Waals surface area contributed by atoms with Gasteiger partial charge in [0.25, 0.3) is 0 Å². The fourth-order valence-corrected chi connectivity index (χ4v) is 2.45. The van der Waals surface area contributed by atoms with Crippen LogP contribution < -0.4 is 4.90 Å². The van der Waals surface area contributed by atoms with Crippen molar-refractivity contribution in [2.45, 2.75) is 25.8 Å². The van der Waals surface area contributed by atoms with Crippen molar-refractivity contribution in [3.8, 4) is 0 Å². The number of nitrogens with zero attached hydrogens (tertiary/aromatic N) is 1. The van der Waals surface area contributed by atoms with Crippen molar-refractivity contribution in [2.24, 2.45) is 0 Å². The van der Waals surface area contributed by atoms with E-state index in [-0.39, 0.29) is 6.61 Å².